The van der Waals surface area contributed by atoms with E-state index in [9.17, 15) is 26.4 Å². The maximum atomic E-state index is 13.8. The number of hydrogen-bond donors (Lipinski definition) is 2. The molecule has 9 rings (SSSR count). The SMILES string of the molecule is CS(=O)(=O)c1ccccc1-c1ccc2c(c1)OCCN2C(=O)c1cc(C(F)(F)F)nn1-c1ccc2onc(N)c2c1.CSc1ccccc1-c1ccc2c(c1)OCCN2. The summed E-state index contributed by atoms with van der Waals surface area (Å²) in [4.78, 5) is 16.5. The highest BCUT2D eigenvalue weighted by Crippen LogP contribution is 2.40. The maximum absolute atomic E-state index is 13.8. The summed E-state index contributed by atoms with van der Waals surface area (Å²) in [6.45, 7) is 1.73. The number of alkyl halides is 3. The second-order valence-electron chi connectivity index (χ2n) is 13.5. The lowest BCUT2D eigenvalue weighted by molar-refractivity contribution is -0.141. The fourth-order valence-electron chi connectivity index (χ4n) is 6.90. The molecule has 0 radical (unpaired) electrons. The predicted octanol–water partition coefficient (Wildman–Crippen LogP) is 8.60. The van der Waals surface area contributed by atoms with Crippen LogP contribution in [0.1, 0.15) is 16.2 Å². The van der Waals surface area contributed by atoms with Crippen molar-refractivity contribution >= 4 is 55.7 Å². The molecule has 59 heavy (non-hydrogen) atoms. The van der Waals surface area contributed by atoms with Crippen molar-refractivity contribution in [2.24, 2.45) is 0 Å². The molecule has 0 spiro atoms. The van der Waals surface area contributed by atoms with E-state index < -0.39 is 27.6 Å². The molecular formula is C42H35F3N6O6S2. The molecule has 1 amide bonds. The third-order valence-electron chi connectivity index (χ3n) is 9.69. The molecule has 0 fully saturated rings. The minimum Gasteiger partial charge on any atom is -0.490 e. The Morgan fingerprint density at radius 1 is 0.864 bits per heavy atom. The van der Waals surface area contributed by atoms with Crippen molar-refractivity contribution in [3.63, 3.8) is 0 Å². The van der Waals surface area contributed by atoms with E-state index in [1.807, 2.05) is 0 Å². The molecule has 17 heteroatoms. The average Bonchev–Trinajstić information content (AvgIpc) is 3.87. The Balaban J connectivity index is 0.000000223. The van der Waals surface area contributed by atoms with Crippen LogP contribution in [0, 0.1) is 0 Å². The molecule has 3 N–H and O–H groups in total. The molecule has 302 valence electrons. The van der Waals surface area contributed by atoms with Gasteiger partial charge >= 0.3 is 6.18 Å². The zero-order chi connectivity index (χ0) is 41.5. The highest BCUT2D eigenvalue weighted by Gasteiger charge is 2.38. The molecule has 0 unspecified atom stereocenters. The standard InChI is InChI=1S/C27H20F3N5O5S.C15H15NOS/c1-41(37,38)23-5-3-2-4-17(23)15-6-8-19-22(12-15)39-11-10-34(19)26(36)20-14-24(27(28,29)30)32-35(20)16-7-9-21-18(13-16)25(31)33-40-21;1-18-15-5-3-2-4-12(15)11-6-7-13-14(10-11)17-9-8-16-13/h2-9,12-14H,10-11H2,1H3,(H2,31,33);2-7,10,16H,8-9H2,1H3. The van der Waals surface area contributed by atoms with Gasteiger partial charge in [0.05, 0.1) is 33.9 Å². The Morgan fingerprint density at radius 3 is 2.36 bits per heavy atom. The number of aromatic nitrogens is 3. The van der Waals surface area contributed by atoms with Gasteiger partial charge in [0, 0.05) is 29.3 Å². The molecular weight excluding hydrogens is 806 g/mol. The number of hydrogen-bond acceptors (Lipinski definition) is 11. The van der Waals surface area contributed by atoms with Gasteiger partial charge < -0.3 is 29.9 Å². The van der Waals surface area contributed by atoms with E-state index in [-0.39, 0.29) is 41.0 Å². The number of sulfone groups is 1. The molecule has 0 saturated heterocycles. The van der Waals surface area contributed by atoms with E-state index in [1.54, 1.807) is 48.2 Å². The Hall–Kier alpha value is -6.46. The second-order valence-corrected chi connectivity index (χ2v) is 16.3. The largest absolute Gasteiger partial charge is 0.490 e. The van der Waals surface area contributed by atoms with Gasteiger partial charge in [0.25, 0.3) is 5.91 Å². The molecule has 2 aliphatic rings. The first kappa shape index (κ1) is 39.4. The van der Waals surface area contributed by atoms with Crippen LogP contribution in [-0.2, 0) is 16.0 Å². The van der Waals surface area contributed by atoms with Crippen LogP contribution >= 0.6 is 11.8 Å². The monoisotopic (exact) mass is 840 g/mol. The van der Waals surface area contributed by atoms with E-state index in [2.05, 4.69) is 64.3 Å². The highest BCUT2D eigenvalue weighted by atomic mass is 32.2. The Morgan fingerprint density at radius 2 is 1.58 bits per heavy atom. The number of nitrogen functional groups attached to an aromatic ring is 1. The van der Waals surface area contributed by atoms with E-state index in [4.69, 9.17) is 19.7 Å². The van der Waals surface area contributed by atoms with Crippen LogP contribution in [0.25, 0.3) is 38.9 Å². The Kier molecular flexibility index (Phi) is 10.5. The molecule has 2 aliphatic heterocycles. The molecule has 2 aromatic heterocycles. The molecule has 4 heterocycles. The first-order valence-corrected chi connectivity index (χ1v) is 21.3. The summed E-state index contributed by atoms with van der Waals surface area (Å²) in [6, 6.07) is 31.1. The zero-order valence-corrected chi connectivity index (χ0v) is 33.1. The number of amides is 1. The highest BCUT2D eigenvalue weighted by molar-refractivity contribution is 7.98. The van der Waals surface area contributed by atoms with Crippen LogP contribution in [0.15, 0.2) is 124 Å². The number of nitrogens with one attached hydrogen (secondary N) is 1. The molecule has 0 saturated carbocycles. The summed E-state index contributed by atoms with van der Waals surface area (Å²) in [6.07, 6.45) is -1.60. The van der Waals surface area contributed by atoms with Crippen molar-refractivity contribution in [3.8, 4) is 39.4 Å². The van der Waals surface area contributed by atoms with Crippen LogP contribution in [0.4, 0.5) is 30.4 Å². The number of benzene rings is 5. The van der Waals surface area contributed by atoms with Crippen molar-refractivity contribution in [2.45, 2.75) is 16.0 Å². The molecule has 0 aliphatic carbocycles. The fourth-order valence-corrected chi connectivity index (χ4v) is 8.43. The van der Waals surface area contributed by atoms with Gasteiger partial charge in [0.1, 0.15) is 30.4 Å². The summed E-state index contributed by atoms with van der Waals surface area (Å²) < 4.78 is 83.3. The number of ether oxygens (including phenoxy) is 2. The van der Waals surface area contributed by atoms with Crippen molar-refractivity contribution < 1.29 is 40.4 Å². The topological polar surface area (TPSA) is 155 Å². The van der Waals surface area contributed by atoms with Gasteiger partial charge in [-0.15, -0.1) is 11.8 Å². The average molecular weight is 841 g/mol. The van der Waals surface area contributed by atoms with Crippen LogP contribution in [0.5, 0.6) is 11.5 Å². The van der Waals surface area contributed by atoms with Crippen molar-refractivity contribution in [3.05, 3.63) is 121 Å². The van der Waals surface area contributed by atoms with E-state index >= 15 is 0 Å². The van der Waals surface area contributed by atoms with E-state index in [0.717, 1.165) is 35.5 Å². The number of nitrogens with two attached hydrogens (primary N) is 1. The van der Waals surface area contributed by atoms with Gasteiger partial charge in [-0.25, -0.2) is 13.1 Å². The van der Waals surface area contributed by atoms with Crippen LogP contribution in [0.3, 0.4) is 0 Å². The minimum atomic E-state index is -4.81. The smallest absolute Gasteiger partial charge is 0.435 e. The van der Waals surface area contributed by atoms with Gasteiger partial charge in [0.2, 0.25) is 0 Å². The zero-order valence-electron chi connectivity index (χ0n) is 31.5. The van der Waals surface area contributed by atoms with Gasteiger partial charge in [-0.1, -0.05) is 53.7 Å². The number of carbonyl (C=O) groups is 1. The second kappa shape index (κ2) is 15.7. The Bertz CT molecular complexity index is 2840. The van der Waals surface area contributed by atoms with Crippen LogP contribution in [-0.4, -0.2) is 68.1 Å². The lowest BCUT2D eigenvalue weighted by atomic mass is 10.0. The predicted molar refractivity (Wildman–Crippen MR) is 220 cm³/mol. The lowest BCUT2D eigenvalue weighted by Crippen LogP contribution is -2.38. The van der Waals surface area contributed by atoms with E-state index in [0.29, 0.717) is 33.8 Å². The number of carbonyl (C=O) groups excluding carboxylic acids is 1. The van der Waals surface area contributed by atoms with Crippen molar-refractivity contribution in [2.75, 3.05) is 54.8 Å². The Labute approximate surface area is 340 Å². The molecule has 0 atom stereocenters. The fraction of sp³-hybridized carbons (Fsp3) is 0.167. The van der Waals surface area contributed by atoms with Crippen molar-refractivity contribution in [1.29, 1.82) is 0 Å². The number of nitrogens with zero attached hydrogens (tertiary/aromatic N) is 4. The van der Waals surface area contributed by atoms with E-state index in [1.165, 1.54) is 45.2 Å². The number of thioether (sulfide) groups is 1. The third kappa shape index (κ3) is 7.90. The summed E-state index contributed by atoms with van der Waals surface area (Å²) in [5.74, 6) is 0.509. The minimum absolute atomic E-state index is 0.0354. The molecule has 0 bridgehead atoms. The molecule has 7 aromatic rings. The number of fused-ring (bicyclic) bond motifs is 3. The normalized spacial score (nSPS) is 13.6. The summed E-state index contributed by atoms with van der Waals surface area (Å²) in [5.41, 5.74) is 9.54. The number of halogens is 3. The summed E-state index contributed by atoms with van der Waals surface area (Å²) >= 11 is 1.77. The number of anilines is 3. The summed E-state index contributed by atoms with van der Waals surface area (Å²) in [5, 5.41) is 11.0. The van der Waals surface area contributed by atoms with Gasteiger partial charge in [-0.3, -0.25) is 4.79 Å². The molecule has 12 nitrogen and oxygen atoms in total. The quantitative estimate of drug-likeness (QED) is 0.155. The summed E-state index contributed by atoms with van der Waals surface area (Å²) in [7, 11) is -3.54. The first-order valence-electron chi connectivity index (χ1n) is 18.1. The lowest BCUT2D eigenvalue weighted by Gasteiger charge is -2.30. The maximum Gasteiger partial charge on any atom is 0.435 e. The third-order valence-corrected chi connectivity index (χ3v) is 11.6. The van der Waals surface area contributed by atoms with Crippen molar-refractivity contribution in [1.82, 2.24) is 14.9 Å². The number of rotatable bonds is 6. The van der Waals surface area contributed by atoms with Gasteiger partial charge in [-0.05, 0) is 77.5 Å². The van der Waals surface area contributed by atoms with Crippen LogP contribution < -0.4 is 25.4 Å². The van der Waals surface area contributed by atoms with Crippen LogP contribution in [0.2, 0.25) is 0 Å². The first-order chi connectivity index (χ1) is 28.3. The van der Waals surface area contributed by atoms with Gasteiger partial charge in [-0.2, -0.15) is 18.3 Å². The molecule has 5 aromatic carbocycles. The van der Waals surface area contributed by atoms with Gasteiger partial charge in [0.15, 0.2) is 26.9 Å².